The average Bonchev–Trinajstić information content (AvgIpc) is 2.44. The number of likely N-dealkylation sites (N-methyl/N-ethyl adjacent to an activating group) is 1. The number of aromatic nitrogens is 1. The van der Waals surface area contributed by atoms with E-state index in [1.165, 1.54) is 0 Å². The Kier molecular flexibility index (Phi) is 6.39. The van der Waals surface area contributed by atoms with Crippen LogP contribution in [-0.4, -0.2) is 38.6 Å². The van der Waals surface area contributed by atoms with Gasteiger partial charge >= 0.3 is 0 Å². The SMILES string of the molecule is CNCC(=O)NCc1cc(N(C)C)nc2ccccc12.Cl. The first-order valence-electron chi connectivity index (χ1n) is 6.59. The van der Waals surface area contributed by atoms with Gasteiger partial charge in [-0.1, -0.05) is 18.2 Å². The Morgan fingerprint density at radius 2 is 2.00 bits per heavy atom. The zero-order chi connectivity index (χ0) is 14.5. The second-order valence-corrected chi connectivity index (χ2v) is 4.86. The van der Waals surface area contributed by atoms with Gasteiger partial charge in [-0.25, -0.2) is 4.98 Å². The van der Waals surface area contributed by atoms with Crippen LogP contribution in [0.2, 0.25) is 0 Å². The summed E-state index contributed by atoms with van der Waals surface area (Å²) in [6.07, 6.45) is 0. The molecule has 1 heterocycles. The molecular formula is C15H21ClN4O. The topological polar surface area (TPSA) is 57.3 Å². The van der Waals surface area contributed by atoms with Crippen molar-refractivity contribution in [2.24, 2.45) is 0 Å². The minimum atomic E-state index is -0.0141. The highest BCUT2D eigenvalue weighted by Crippen LogP contribution is 2.21. The van der Waals surface area contributed by atoms with Crippen LogP contribution >= 0.6 is 12.4 Å². The number of amides is 1. The largest absolute Gasteiger partial charge is 0.363 e. The minimum Gasteiger partial charge on any atom is -0.363 e. The molecule has 0 unspecified atom stereocenters. The van der Waals surface area contributed by atoms with Crippen LogP contribution in [0.3, 0.4) is 0 Å². The molecule has 21 heavy (non-hydrogen) atoms. The van der Waals surface area contributed by atoms with Gasteiger partial charge in [0.15, 0.2) is 0 Å². The number of para-hydroxylation sites is 1. The number of carbonyl (C=O) groups is 1. The standard InChI is InChI=1S/C15H20N4O.ClH/c1-16-10-15(20)17-9-11-8-14(19(2)3)18-13-7-5-4-6-12(11)13;/h4-8,16H,9-10H2,1-3H3,(H,17,20);1H. The molecule has 5 nitrogen and oxygen atoms in total. The van der Waals surface area contributed by atoms with Crippen LogP contribution in [0.5, 0.6) is 0 Å². The van der Waals surface area contributed by atoms with Gasteiger partial charge in [0.25, 0.3) is 0 Å². The fourth-order valence-electron chi connectivity index (χ4n) is 2.02. The molecule has 0 aliphatic rings. The lowest BCUT2D eigenvalue weighted by Gasteiger charge is -2.15. The van der Waals surface area contributed by atoms with E-state index in [2.05, 4.69) is 15.6 Å². The Bertz CT molecular complexity index is 616. The van der Waals surface area contributed by atoms with Crippen molar-refractivity contribution in [3.8, 4) is 0 Å². The van der Waals surface area contributed by atoms with Gasteiger partial charge in [-0.15, -0.1) is 12.4 Å². The highest BCUT2D eigenvalue weighted by molar-refractivity contribution is 5.85. The highest BCUT2D eigenvalue weighted by atomic mass is 35.5. The number of hydrogen-bond donors (Lipinski definition) is 2. The molecular weight excluding hydrogens is 288 g/mol. The average molecular weight is 309 g/mol. The second-order valence-electron chi connectivity index (χ2n) is 4.86. The number of rotatable bonds is 5. The van der Waals surface area contributed by atoms with Gasteiger partial charge in [0.05, 0.1) is 12.1 Å². The fraction of sp³-hybridized carbons (Fsp3) is 0.333. The van der Waals surface area contributed by atoms with Gasteiger partial charge in [0, 0.05) is 26.0 Å². The molecule has 114 valence electrons. The number of anilines is 1. The van der Waals surface area contributed by atoms with E-state index >= 15 is 0 Å². The summed E-state index contributed by atoms with van der Waals surface area (Å²) in [6, 6.07) is 9.99. The maximum atomic E-state index is 11.6. The third-order valence-corrected chi connectivity index (χ3v) is 3.06. The summed E-state index contributed by atoms with van der Waals surface area (Å²) in [5, 5.41) is 6.82. The Labute approximate surface area is 131 Å². The predicted octanol–water partition coefficient (Wildman–Crippen LogP) is 1.56. The van der Waals surface area contributed by atoms with Crippen molar-refractivity contribution in [2.45, 2.75) is 6.54 Å². The molecule has 1 aromatic carbocycles. The van der Waals surface area contributed by atoms with Crippen molar-refractivity contribution in [1.82, 2.24) is 15.6 Å². The zero-order valence-electron chi connectivity index (χ0n) is 12.5. The molecule has 0 aliphatic carbocycles. The van der Waals surface area contributed by atoms with Crippen LogP contribution in [0.4, 0.5) is 5.82 Å². The second kappa shape index (κ2) is 7.81. The molecule has 0 spiro atoms. The van der Waals surface area contributed by atoms with Crippen molar-refractivity contribution >= 4 is 35.0 Å². The van der Waals surface area contributed by atoms with Gasteiger partial charge < -0.3 is 15.5 Å². The maximum absolute atomic E-state index is 11.6. The highest BCUT2D eigenvalue weighted by Gasteiger charge is 2.08. The number of nitrogens with zero attached hydrogens (tertiary/aromatic N) is 2. The summed E-state index contributed by atoms with van der Waals surface area (Å²) in [6.45, 7) is 0.827. The van der Waals surface area contributed by atoms with Crippen LogP contribution in [0.25, 0.3) is 10.9 Å². The van der Waals surface area contributed by atoms with Crippen LogP contribution in [-0.2, 0) is 11.3 Å². The molecule has 0 radical (unpaired) electrons. The lowest BCUT2D eigenvalue weighted by molar-refractivity contribution is -0.120. The quantitative estimate of drug-likeness (QED) is 0.880. The van der Waals surface area contributed by atoms with E-state index in [1.807, 2.05) is 49.3 Å². The first-order chi connectivity index (χ1) is 9.61. The molecule has 0 fully saturated rings. The molecule has 1 aromatic heterocycles. The summed E-state index contributed by atoms with van der Waals surface area (Å²) in [7, 11) is 5.67. The normalized spacial score (nSPS) is 10.0. The van der Waals surface area contributed by atoms with Crippen LogP contribution in [0.1, 0.15) is 5.56 Å². The first-order valence-corrected chi connectivity index (χ1v) is 6.59. The van der Waals surface area contributed by atoms with Crippen molar-refractivity contribution < 1.29 is 4.79 Å². The number of benzene rings is 1. The van der Waals surface area contributed by atoms with Crippen molar-refractivity contribution in [3.63, 3.8) is 0 Å². The zero-order valence-corrected chi connectivity index (χ0v) is 13.3. The van der Waals surface area contributed by atoms with Gasteiger partial charge in [0.1, 0.15) is 5.82 Å². The summed E-state index contributed by atoms with van der Waals surface area (Å²) in [5.41, 5.74) is 2.01. The first kappa shape index (κ1) is 17.2. The van der Waals surface area contributed by atoms with E-state index < -0.39 is 0 Å². The smallest absolute Gasteiger partial charge is 0.234 e. The minimum absolute atomic E-state index is 0. The maximum Gasteiger partial charge on any atom is 0.234 e. The van der Waals surface area contributed by atoms with Gasteiger partial charge in [-0.2, -0.15) is 0 Å². The Morgan fingerprint density at radius 1 is 1.29 bits per heavy atom. The summed E-state index contributed by atoms with van der Waals surface area (Å²) in [4.78, 5) is 18.1. The molecule has 0 atom stereocenters. The molecule has 6 heteroatoms. The van der Waals surface area contributed by atoms with Crippen molar-refractivity contribution in [1.29, 1.82) is 0 Å². The molecule has 0 bridgehead atoms. The van der Waals surface area contributed by atoms with E-state index in [1.54, 1.807) is 7.05 Å². The molecule has 2 aromatic rings. The van der Waals surface area contributed by atoms with Gasteiger partial charge in [-0.05, 0) is 24.7 Å². The molecule has 0 aliphatic heterocycles. The lowest BCUT2D eigenvalue weighted by atomic mass is 10.1. The fourth-order valence-corrected chi connectivity index (χ4v) is 2.02. The summed E-state index contributed by atoms with van der Waals surface area (Å²) < 4.78 is 0. The third-order valence-electron chi connectivity index (χ3n) is 3.06. The number of halogens is 1. The van der Waals surface area contributed by atoms with Crippen LogP contribution < -0.4 is 15.5 Å². The molecule has 0 saturated heterocycles. The molecule has 2 N–H and O–H groups in total. The number of pyridine rings is 1. The summed E-state index contributed by atoms with van der Waals surface area (Å²) >= 11 is 0. The number of hydrogen-bond acceptors (Lipinski definition) is 4. The number of carbonyl (C=O) groups excluding carboxylic acids is 1. The Balaban J connectivity index is 0.00000220. The third kappa shape index (κ3) is 4.31. The van der Waals surface area contributed by atoms with E-state index in [0.29, 0.717) is 13.1 Å². The van der Waals surface area contributed by atoms with Crippen molar-refractivity contribution in [2.75, 3.05) is 32.6 Å². The molecule has 2 rings (SSSR count). The van der Waals surface area contributed by atoms with Gasteiger partial charge in [-0.3, -0.25) is 4.79 Å². The number of nitrogens with one attached hydrogen (secondary N) is 2. The van der Waals surface area contributed by atoms with Gasteiger partial charge in [0.2, 0.25) is 5.91 Å². The van der Waals surface area contributed by atoms with E-state index in [-0.39, 0.29) is 18.3 Å². The number of fused-ring (bicyclic) bond motifs is 1. The molecule has 1 amide bonds. The summed E-state index contributed by atoms with van der Waals surface area (Å²) in [5.74, 6) is 0.876. The predicted molar refractivity (Wildman–Crippen MR) is 89.1 cm³/mol. The van der Waals surface area contributed by atoms with E-state index in [4.69, 9.17) is 0 Å². The monoisotopic (exact) mass is 308 g/mol. The van der Waals surface area contributed by atoms with Crippen LogP contribution in [0.15, 0.2) is 30.3 Å². The lowest BCUT2D eigenvalue weighted by Crippen LogP contribution is -2.31. The Hall–Kier alpha value is -1.85. The van der Waals surface area contributed by atoms with E-state index in [9.17, 15) is 4.79 Å². The van der Waals surface area contributed by atoms with Crippen LogP contribution in [0, 0.1) is 0 Å². The van der Waals surface area contributed by atoms with Crippen molar-refractivity contribution in [3.05, 3.63) is 35.9 Å². The Morgan fingerprint density at radius 3 is 2.67 bits per heavy atom. The van der Waals surface area contributed by atoms with E-state index in [0.717, 1.165) is 22.3 Å². The molecule has 0 saturated carbocycles.